The number of rotatable bonds is 4. The standard InChI is InChI=1S/C18H21BrN2O2S/c1-12-16(11-23-18(22)21(2)15-5-3-4-6-15)17(24-20-12)13-7-9-14(19)10-8-13/h7-10,15H,3-6,11H2,1-2H3. The second-order valence-corrected chi connectivity index (χ2v) is 7.88. The lowest BCUT2D eigenvalue weighted by Crippen LogP contribution is -2.35. The smallest absolute Gasteiger partial charge is 0.410 e. The Bertz CT molecular complexity index is 708. The van der Waals surface area contributed by atoms with Crippen LogP contribution in [0.5, 0.6) is 0 Å². The molecule has 0 atom stereocenters. The van der Waals surface area contributed by atoms with Crippen molar-refractivity contribution < 1.29 is 9.53 Å². The Morgan fingerprint density at radius 3 is 2.67 bits per heavy atom. The third-order valence-corrected chi connectivity index (χ3v) is 6.15. The number of carbonyl (C=O) groups is 1. The molecule has 1 heterocycles. The van der Waals surface area contributed by atoms with Crippen molar-refractivity contribution in [3.63, 3.8) is 0 Å². The van der Waals surface area contributed by atoms with Gasteiger partial charge in [0.1, 0.15) is 6.61 Å². The summed E-state index contributed by atoms with van der Waals surface area (Å²) in [5, 5.41) is 0. The average molecular weight is 409 g/mol. The van der Waals surface area contributed by atoms with Gasteiger partial charge in [-0.2, -0.15) is 4.37 Å². The molecule has 0 radical (unpaired) electrons. The van der Waals surface area contributed by atoms with Gasteiger partial charge in [0.25, 0.3) is 0 Å². The summed E-state index contributed by atoms with van der Waals surface area (Å²) in [6, 6.07) is 8.44. The maximum atomic E-state index is 12.3. The molecule has 128 valence electrons. The highest BCUT2D eigenvalue weighted by Gasteiger charge is 2.25. The summed E-state index contributed by atoms with van der Waals surface area (Å²) < 4.78 is 11.1. The first-order valence-electron chi connectivity index (χ1n) is 8.17. The molecular weight excluding hydrogens is 388 g/mol. The number of carbonyl (C=O) groups excluding carboxylic acids is 1. The largest absolute Gasteiger partial charge is 0.444 e. The van der Waals surface area contributed by atoms with Crippen LogP contribution in [0.3, 0.4) is 0 Å². The van der Waals surface area contributed by atoms with Gasteiger partial charge in [0.05, 0.1) is 10.6 Å². The molecule has 24 heavy (non-hydrogen) atoms. The molecule has 0 aliphatic heterocycles. The molecule has 2 aromatic rings. The van der Waals surface area contributed by atoms with Gasteiger partial charge in [0.15, 0.2) is 0 Å². The van der Waals surface area contributed by atoms with E-state index in [1.807, 2.05) is 38.2 Å². The molecule has 0 bridgehead atoms. The summed E-state index contributed by atoms with van der Waals surface area (Å²) in [6.45, 7) is 2.23. The first-order valence-corrected chi connectivity index (χ1v) is 9.73. The second-order valence-electron chi connectivity index (χ2n) is 6.19. The summed E-state index contributed by atoms with van der Waals surface area (Å²) in [5.74, 6) is 0. The summed E-state index contributed by atoms with van der Waals surface area (Å²) in [6.07, 6.45) is 4.31. The number of hydrogen-bond acceptors (Lipinski definition) is 4. The maximum Gasteiger partial charge on any atom is 0.410 e. The molecule has 4 nitrogen and oxygen atoms in total. The number of aromatic nitrogens is 1. The molecule has 1 aliphatic rings. The molecule has 1 amide bonds. The highest BCUT2D eigenvalue weighted by Crippen LogP contribution is 2.32. The fourth-order valence-electron chi connectivity index (χ4n) is 3.06. The van der Waals surface area contributed by atoms with E-state index in [9.17, 15) is 4.79 Å². The minimum atomic E-state index is -0.241. The van der Waals surface area contributed by atoms with Crippen molar-refractivity contribution >= 4 is 33.6 Å². The number of halogens is 1. The van der Waals surface area contributed by atoms with E-state index in [1.165, 1.54) is 24.4 Å². The van der Waals surface area contributed by atoms with Crippen molar-refractivity contribution in [2.24, 2.45) is 0 Å². The highest BCUT2D eigenvalue weighted by atomic mass is 79.9. The molecule has 1 aromatic heterocycles. The molecular formula is C18H21BrN2O2S. The van der Waals surface area contributed by atoms with Gasteiger partial charge in [0, 0.05) is 23.1 Å². The zero-order valence-electron chi connectivity index (χ0n) is 13.9. The topological polar surface area (TPSA) is 42.4 Å². The molecule has 1 aromatic carbocycles. The molecule has 0 saturated heterocycles. The van der Waals surface area contributed by atoms with E-state index < -0.39 is 0 Å². The number of benzene rings is 1. The van der Waals surface area contributed by atoms with Gasteiger partial charge in [-0.15, -0.1) is 0 Å². The molecule has 3 rings (SSSR count). The van der Waals surface area contributed by atoms with Crippen LogP contribution in [-0.4, -0.2) is 28.5 Å². The quantitative estimate of drug-likeness (QED) is 0.680. The number of amides is 1. The Morgan fingerprint density at radius 1 is 1.33 bits per heavy atom. The lowest BCUT2D eigenvalue weighted by Gasteiger charge is -2.23. The number of nitrogens with zero attached hydrogens (tertiary/aromatic N) is 2. The van der Waals surface area contributed by atoms with Crippen LogP contribution in [0.4, 0.5) is 4.79 Å². The fraction of sp³-hybridized carbons (Fsp3) is 0.444. The first kappa shape index (κ1) is 17.4. The van der Waals surface area contributed by atoms with Crippen molar-refractivity contribution in [2.75, 3.05) is 7.05 Å². The highest BCUT2D eigenvalue weighted by molar-refractivity contribution is 9.10. The van der Waals surface area contributed by atoms with Crippen molar-refractivity contribution in [1.82, 2.24) is 9.27 Å². The van der Waals surface area contributed by atoms with Crippen LogP contribution in [0.15, 0.2) is 28.7 Å². The minimum absolute atomic E-state index is 0.241. The predicted octanol–water partition coefficient (Wildman–Crippen LogP) is 5.39. The van der Waals surface area contributed by atoms with Crippen LogP contribution < -0.4 is 0 Å². The van der Waals surface area contributed by atoms with Gasteiger partial charge >= 0.3 is 6.09 Å². The van der Waals surface area contributed by atoms with E-state index in [-0.39, 0.29) is 12.7 Å². The zero-order chi connectivity index (χ0) is 17.1. The lowest BCUT2D eigenvalue weighted by atomic mass is 10.1. The molecule has 6 heteroatoms. The van der Waals surface area contributed by atoms with Crippen LogP contribution in [0.25, 0.3) is 10.4 Å². The van der Waals surface area contributed by atoms with Gasteiger partial charge < -0.3 is 9.64 Å². The van der Waals surface area contributed by atoms with E-state index in [4.69, 9.17) is 4.74 Å². The van der Waals surface area contributed by atoms with Gasteiger partial charge in [-0.3, -0.25) is 0 Å². The summed E-state index contributed by atoms with van der Waals surface area (Å²) in [7, 11) is 1.84. The van der Waals surface area contributed by atoms with Crippen LogP contribution in [0.1, 0.15) is 36.9 Å². The Hall–Kier alpha value is -1.40. The fourth-order valence-corrected chi connectivity index (χ4v) is 4.22. The van der Waals surface area contributed by atoms with E-state index in [0.29, 0.717) is 6.04 Å². The van der Waals surface area contributed by atoms with Gasteiger partial charge in [0.2, 0.25) is 0 Å². The van der Waals surface area contributed by atoms with Crippen molar-refractivity contribution in [2.45, 2.75) is 45.3 Å². The van der Waals surface area contributed by atoms with Crippen LogP contribution in [-0.2, 0) is 11.3 Å². The molecule has 0 unspecified atom stereocenters. The summed E-state index contributed by atoms with van der Waals surface area (Å²) in [4.78, 5) is 15.1. The third-order valence-electron chi connectivity index (χ3n) is 4.59. The minimum Gasteiger partial charge on any atom is -0.444 e. The van der Waals surface area contributed by atoms with E-state index in [0.717, 1.165) is 39.0 Å². The number of ether oxygens (including phenoxy) is 1. The average Bonchev–Trinajstić information content (AvgIpc) is 3.23. The second kappa shape index (κ2) is 7.66. The lowest BCUT2D eigenvalue weighted by molar-refractivity contribution is 0.0918. The zero-order valence-corrected chi connectivity index (χ0v) is 16.3. The Kier molecular flexibility index (Phi) is 5.56. The SMILES string of the molecule is Cc1nsc(-c2ccc(Br)cc2)c1COC(=O)N(C)C1CCCC1. The van der Waals surface area contributed by atoms with Gasteiger partial charge in [-0.05, 0) is 49.0 Å². The van der Waals surface area contributed by atoms with Gasteiger partial charge in [-0.25, -0.2) is 4.79 Å². The van der Waals surface area contributed by atoms with Crippen LogP contribution in [0.2, 0.25) is 0 Å². The number of hydrogen-bond donors (Lipinski definition) is 0. The van der Waals surface area contributed by atoms with Crippen LogP contribution >= 0.6 is 27.5 Å². The molecule has 1 saturated carbocycles. The molecule has 0 N–H and O–H groups in total. The summed E-state index contributed by atoms with van der Waals surface area (Å²) in [5.41, 5.74) is 3.02. The Morgan fingerprint density at radius 2 is 2.00 bits per heavy atom. The van der Waals surface area contributed by atoms with Crippen LogP contribution in [0, 0.1) is 6.92 Å². The third kappa shape index (κ3) is 3.81. The Labute approximate surface area is 155 Å². The first-order chi connectivity index (χ1) is 11.6. The predicted molar refractivity (Wildman–Crippen MR) is 100 cm³/mol. The van der Waals surface area contributed by atoms with E-state index in [2.05, 4.69) is 20.3 Å². The Balaban J connectivity index is 1.70. The maximum absolute atomic E-state index is 12.3. The monoisotopic (exact) mass is 408 g/mol. The number of aryl methyl sites for hydroxylation is 1. The molecule has 1 fully saturated rings. The van der Waals surface area contributed by atoms with Crippen molar-refractivity contribution in [3.8, 4) is 10.4 Å². The summed E-state index contributed by atoms with van der Waals surface area (Å²) >= 11 is 4.90. The van der Waals surface area contributed by atoms with Crippen molar-refractivity contribution in [1.29, 1.82) is 0 Å². The van der Waals surface area contributed by atoms with Gasteiger partial charge in [-0.1, -0.05) is 40.9 Å². The van der Waals surface area contributed by atoms with E-state index in [1.54, 1.807) is 4.90 Å². The van der Waals surface area contributed by atoms with E-state index >= 15 is 0 Å². The van der Waals surface area contributed by atoms with Crippen molar-refractivity contribution in [3.05, 3.63) is 40.0 Å². The normalized spacial score (nSPS) is 14.8. The molecule has 0 spiro atoms. The molecule has 1 aliphatic carbocycles.